The van der Waals surface area contributed by atoms with Crippen molar-refractivity contribution in [1.82, 2.24) is 0 Å². The van der Waals surface area contributed by atoms with E-state index in [1.54, 1.807) is 0 Å². The molecular formula is C15H28O3. The molecule has 0 N–H and O–H groups in total. The Morgan fingerprint density at radius 1 is 1.00 bits per heavy atom. The van der Waals surface area contributed by atoms with Crippen molar-refractivity contribution in [2.45, 2.75) is 72.1 Å². The average Bonchev–Trinajstić information content (AvgIpc) is 2.39. The zero-order valence-corrected chi connectivity index (χ0v) is 12.2. The third-order valence-electron chi connectivity index (χ3n) is 3.12. The first-order valence-corrected chi connectivity index (χ1v) is 7.33. The minimum atomic E-state index is -0.166. The lowest BCUT2D eigenvalue weighted by Crippen LogP contribution is -2.16. The van der Waals surface area contributed by atoms with Crippen molar-refractivity contribution in [2.24, 2.45) is 5.92 Å². The molecule has 3 nitrogen and oxygen atoms in total. The molecule has 18 heavy (non-hydrogen) atoms. The largest absolute Gasteiger partial charge is 0.466 e. The van der Waals surface area contributed by atoms with E-state index in [-0.39, 0.29) is 17.7 Å². The number of hydrogen-bond donors (Lipinski definition) is 0. The van der Waals surface area contributed by atoms with E-state index in [0.717, 1.165) is 32.1 Å². The van der Waals surface area contributed by atoms with Gasteiger partial charge in [0.1, 0.15) is 5.78 Å². The molecule has 0 aliphatic rings. The second kappa shape index (κ2) is 11.2. The zero-order valence-electron chi connectivity index (χ0n) is 12.2. The standard InChI is InChI=1S/C15H28O3/c1-4-7-8-9-13(14(16)6-3)10-11-15(17)18-12-5-2/h13H,4-12H2,1-3H3. The Labute approximate surface area is 111 Å². The van der Waals surface area contributed by atoms with Crippen molar-refractivity contribution < 1.29 is 14.3 Å². The van der Waals surface area contributed by atoms with Crippen molar-refractivity contribution in [1.29, 1.82) is 0 Å². The van der Waals surface area contributed by atoms with Crippen LogP contribution >= 0.6 is 0 Å². The smallest absolute Gasteiger partial charge is 0.305 e. The molecule has 3 heteroatoms. The Kier molecular flexibility index (Phi) is 10.7. The van der Waals surface area contributed by atoms with E-state index in [4.69, 9.17) is 4.74 Å². The SMILES string of the molecule is CCCCCC(CCC(=O)OCCC)C(=O)CC. The van der Waals surface area contributed by atoms with E-state index in [2.05, 4.69) is 6.92 Å². The molecule has 0 aromatic carbocycles. The minimum Gasteiger partial charge on any atom is -0.466 e. The summed E-state index contributed by atoms with van der Waals surface area (Å²) >= 11 is 0. The van der Waals surface area contributed by atoms with Crippen molar-refractivity contribution in [3.63, 3.8) is 0 Å². The third-order valence-corrected chi connectivity index (χ3v) is 3.12. The number of Topliss-reactive ketones (excluding diaryl/α,β-unsaturated/α-hetero) is 1. The normalized spacial score (nSPS) is 12.2. The van der Waals surface area contributed by atoms with Crippen LogP contribution in [0.25, 0.3) is 0 Å². The molecular weight excluding hydrogens is 228 g/mol. The van der Waals surface area contributed by atoms with Crippen LogP contribution in [0.1, 0.15) is 72.1 Å². The number of esters is 1. The van der Waals surface area contributed by atoms with E-state index < -0.39 is 0 Å². The maximum Gasteiger partial charge on any atom is 0.305 e. The topological polar surface area (TPSA) is 43.4 Å². The Balaban J connectivity index is 3.99. The summed E-state index contributed by atoms with van der Waals surface area (Å²) in [7, 11) is 0. The molecule has 0 bridgehead atoms. The van der Waals surface area contributed by atoms with Gasteiger partial charge in [-0.25, -0.2) is 0 Å². The van der Waals surface area contributed by atoms with Crippen molar-refractivity contribution in [2.75, 3.05) is 6.61 Å². The predicted octanol–water partition coefficient (Wildman–Crippen LogP) is 3.90. The van der Waals surface area contributed by atoms with Crippen LogP contribution in [0.2, 0.25) is 0 Å². The van der Waals surface area contributed by atoms with Crippen molar-refractivity contribution in [3.8, 4) is 0 Å². The number of hydrogen-bond acceptors (Lipinski definition) is 3. The van der Waals surface area contributed by atoms with Gasteiger partial charge < -0.3 is 4.74 Å². The number of carbonyl (C=O) groups is 2. The van der Waals surface area contributed by atoms with Crippen LogP contribution in [-0.2, 0) is 14.3 Å². The first-order valence-electron chi connectivity index (χ1n) is 7.33. The van der Waals surface area contributed by atoms with Gasteiger partial charge in [-0.1, -0.05) is 40.0 Å². The van der Waals surface area contributed by atoms with Gasteiger partial charge in [0.2, 0.25) is 0 Å². The summed E-state index contributed by atoms with van der Waals surface area (Å²) in [4.78, 5) is 23.2. The molecule has 0 rings (SSSR count). The predicted molar refractivity (Wildman–Crippen MR) is 73.4 cm³/mol. The molecule has 0 radical (unpaired) electrons. The maximum atomic E-state index is 11.8. The van der Waals surface area contributed by atoms with Crippen LogP contribution < -0.4 is 0 Å². The van der Waals surface area contributed by atoms with Crippen molar-refractivity contribution in [3.05, 3.63) is 0 Å². The monoisotopic (exact) mass is 256 g/mol. The first-order chi connectivity index (χ1) is 8.65. The summed E-state index contributed by atoms with van der Waals surface area (Å²) in [6.07, 6.45) is 6.76. The Bertz CT molecular complexity index is 236. The maximum absolute atomic E-state index is 11.8. The highest BCUT2D eigenvalue weighted by Gasteiger charge is 2.17. The lowest BCUT2D eigenvalue weighted by atomic mass is 9.91. The number of rotatable bonds is 11. The minimum absolute atomic E-state index is 0.0516. The van der Waals surface area contributed by atoms with E-state index >= 15 is 0 Å². The summed E-state index contributed by atoms with van der Waals surface area (Å²) in [5, 5.41) is 0. The number of ether oxygens (including phenoxy) is 1. The van der Waals surface area contributed by atoms with E-state index in [1.807, 2.05) is 13.8 Å². The molecule has 0 fully saturated rings. The summed E-state index contributed by atoms with van der Waals surface area (Å²) in [5.74, 6) is 0.173. The molecule has 0 saturated heterocycles. The quantitative estimate of drug-likeness (QED) is 0.416. The molecule has 0 aliphatic heterocycles. The zero-order chi connectivity index (χ0) is 13.8. The first kappa shape index (κ1) is 17.1. The molecule has 1 atom stereocenters. The van der Waals surface area contributed by atoms with E-state index in [1.165, 1.54) is 0 Å². The molecule has 0 spiro atoms. The van der Waals surface area contributed by atoms with Gasteiger partial charge in [-0.05, 0) is 19.3 Å². The lowest BCUT2D eigenvalue weighted by Gasteiger charge is -2.14. The van der Waals surface area contributed by atoms with Gasteiger partial charge >= 0.3 is 5.97 Å². The van der Waals surface area contributed by atoms with Crippen molar-refractivity contribution >= 4 is 11.8 Å². The highest BCUT2D eigenvalue weighted by atomic mass is 16.5. The van der Waals surface area contributed by atoms with Gasteiger partial charge in [-0.15, -0.1) is 0 Å². The highest BCUT2D eigenvalue weighted by Crippen LogP contribution is 2.18. The summed E-state index contributed by atoms with van der Waals surface area (Å²) in [6, 6.07) is 0. The fraction of sp³-hybridized carbons (Fsp3) is 0.867. The number of ketones is 1. The van der Waals surface area contributed by atoms with Gasteiger partial charge in [-0.2, -0.15) is 0 Å². The molecule has 0 saturated carbocycles. The summed E-state index contributed by atoms with van der Waals surface area (Å²) < 4.78 is 5.03. The Morgan fingerprint density at radius 2 is 1.72 bits per heavy atom. The number of carbonyl (C=O) groups excluding carboxylic acids is 2. The van der Waals surface area contributed by atoms with Gasteiger partial charge in [0.25, 0.3) is 0 Å². The molecule has 0 aliphatic carbocycles. The second-order valence-corrected chi connectivity index (χ2v) is 4.77. The molecule has 0 aromatic rings. The molecule has 0 amide bonds. The fourth-order valence-corrected chi connectivity index (χ4v) is 1.98. The Hall–Kier alpha value is -0.860. The molecule has 106 valence electrons. The van der Waals surface area contributed by atoms with Gasteiger partial charge in [0.05, 0.1) is 6.61 Å². The molecule has 1 unspecified atom stereocenters. The van der Waals surface area contributed by atoms with Crippen LogP contribution in [-0.4, -0.2) is 18.4 Å². The van der Waals surface area contributed by atoms with Gasteiger partial charge in [0.15, 0.2) is 0 Å². The van der Waals surface area contributed by atoms with E-state index in [0.29, 0.717) is 25.9 Å². The Morgan fingerprint density at radius 3 is 2.28 bits per heavy atom. The molecule has 0 heterocycles. The second-order valence-electron chi connectivity index (χ2n) is 4.77. The van der Waals surface area contributed by atoms with Crippen LogP contribution in [0.3, 0.4) is 0 Å². The van der Waals surface area contributed by atoms with Crippen LogP contribution in [0.4, 0.5) is 0 Å². The van der Waals surface area contributed by atoms with E-state index in [9.17, 15) is 9.59 Å². The van der Waals surface area contributed by atoms with Crippen LogP contribution in [0.15, 0.2) is 0 Å². The third kappa shape index (κ3) is 8.26. The average molecular weight is 256 g/mol. The number of unbranched alkanes of at least 4 members (excludes halogenated alkanes) is 2. The van der Waals surface area contributed by atoms with Crippen LogP contribution in [0.5, 0.6) is 0 Å². The highest BCUT2D eigenvalue weighted by molar-refractivity contribution is 5.81. The summed E-state index contributed by atoms with van der Waals surface area (Å²) in [5.41, 5.74) is 0. The summed E-state index contributed by atoms with van der Waals surface area (Å²) in [6.45, 7) is 6.51. The van der Waals surface area contributed by atoms with Gasteiger partial charge in [0, 0.05) is 18.8 Å². The van der Waals surface area contributed by atoms with Gasteiger partial charge in [-0.3, -0.25) is 9.59 Å². The lowest BCUT2D eigenvalue weighted by molar-refractivity contribution is -0.144. The molecule has 0 aromatic heterocycles. The van der Waals surface area contributed by atoms with Crippen LogP contribution in [0, 0.1) is 5.92 Å². The fourth-order valence-electron chi connectivity index (χ4n) is 1.98.